The van der Waals surface area contributed by atoms with Crippen molar-refractivity contribution in [2.24, 2.45) is 0 Å². The second-order valence-electron chi connectivity index (χ2n) is 5.68. The maximum absolute atomic E-state index is 12.5. The Morgan fingerprint density at radius 3 is 3.15 bits per heavy atom. The Hall–Kier alpha value is -1.62. The molecule has 2 aliphatic rings. The molecule has 104 valence electrons. The van der Waals surface area contributed by atoms with Crippen LogP contribution in [0.25, 0.3) is 0 Å². The van der Waals surface area contributed by atoms with Gasteiger partial charge >= 0.3 is 0 Å². The average molecular weight is 287 g/mol. The monoisotopic (exact) mass is 287 g/mol. The minimum Gasteiger partial charge on any atom is -0.347 e. The van der Waals surface area contributed by atoms with E-state index in [2.05, 4.69) is 20.9 Å². The number of hydrogen-bond donors (Lipinski definition) is 1. The van der Waals surface area contributed by atoms with Gasteiger partial charge in [0.05, 0.1) is 4.88 Å². The smallest absolute Gasteiger partial charge is 0.261 e. The summed E-state index contributed by atoms with van der Waals surface area (Å²) in [7, 11) is 0. The van der Waals surface area contributed by atoms with Crippen molar-refractivity contribution < 1.29 is 4.79 Å². The Morgan fingerprint density at radius 2 is 2.30 bits per heavy atom. The minimum absolute atomic E-state index is 0.107. The molecule has 2 aromatic rings. The van der Waals surface area contributed by atoms with E-state index < -0.39 is 0 Å². The molecule has 4 nitrogen and oxygen atoms in total. The van der Waals surface area contributed by atoms with Crippen LogP contribution in [-0.2, 0) is 13.0 Å². The summed E-state index contributed by atoms with van der Waals surface area (Å²) in [6.45, 7) is 0.839. The topological polar surface area (TPSA) is 46.9 Å². The predicted octanol–water partition coefficient (Wildman–Crippen LogP) is 2.57. The summed E-state index contributed by atoms with van der Waals surface area (Å²) in [5, 5.41) is 5.24. The van der Waals surface area contributed by atoms with Crippen LogP contribution in [0.5, 0.6) is 0 Å². The first kappa shape index (κ1) is 12.1. The molecule has 1 saturated carbocycles. The maximum atomic E-state index is 12.5. The summed E-state index contributed by atoms with van der Waals surface area (Å²) in [5.74, 6) is 1.87. The quantitative estimate of drug-likeness (QED) is 0.943. The molecule has 1 atom stereocenters. The fourth-order valence-electron chi connectivity index (χ4n) is 2.95. The van der Waals surface area contributed by atoms with E-state index in [1.54, 1.807) is 11.3 Å². The van der Waals surface area contributed by atoms with Crippen LogP contribution in [0.15, 0.2) is 23.8 Å². The average Bonchev–Trinajstić information content (AvgIpc) is 3.01. The molecular weight excluding hydrogens is 270 g/mol. The van der Waals surface area contributed by atoms with Crippen molar-refractivity contribution in [1.29, 1.82) is 0 Å². The zero-order valence-electron chi connectivity index (χ0n) is 11.2. The van der Waals surface area contributed by atoms with E-state index in [-0.39, 0.29) is 11.9 Å². The Labute approximate surface area is 121 Å². The molecule has 20 heavy (non-hydrogen) atoms. The number of thiophene rings is 1. The largest absolute Gasteiger partial charge is 0.347 e. The third kappa shape index (κ3) is 2.16. The number of amides is 1. The van der Waals surface area contributed by atoms with E-state index in [1.807, 2.05) is 17.8 Å². The fourth-order valence-corrected chi connectivity index (χ4v) is 3.84. The van der Waals surface area contributed by atoms with E-state index in [0.717, 1.165) is 30.1 Å². The summed E-state index contributed by atoms with van der Waals surface area (Å²) < 4.78 is 2.14. The Bertz CT molecular complexity index is 641. The normalized spacial score (nSPS) is 21.5. The van der Waals surface area contributed by atoms with E-state index in [1.165, 1.54) is 18.4 Å². The molecule has 2 aromatic heterocycles. The molecule has 4 rings (SSSR count). The van der Waals surface area contributed by atoms with Crippen molar-refractivity contribution in [3.8, 4) is 0 Å². The Balaban J connectivity index is 1.46. The van der Waals surface area contributed by atoms with Gasteiger partial charge in [-0.25, -0.2) is 4.98 Å². The van der Waals surface area contributed by atoms with E-state index in [9.17, 15) is 4.79 Å². The summed E-state index contributed by atoms with van der Waals surface area (Å²) in [6.07, 6.45) is 8.22. The molecular formula is C15H17N3OS. The highest BCUT2D eigenvalue weighted by atomic mass is 32.1. The molecule has 5 heteroatoms. The zero-order chi connectivity index (χ0) is 13.5. The van der Waals surface area contributed by atoms with Crippen LogP contribution in [-0.4, -0.2) is 21.5 Å². The number of aryl methyl sites for hydroxylation is 1. The van der Waals surface area contributed by atoms with Crippen molar-refractivity contribution in [1.82, 2.24) is 14.9 Å². The highest BCUT2D eigenvalue weighted by molar-refractivity contribution is 7.12. The number of nitrogens with zero attached hydrogens (tertiary/aromatic N) is 2. The SMILES string of the molecule is O=C(NC1CCc2nccn2C1)c1sccc1C1CC1. The van der Waals surface area contributed by atoms with Gasteiger partial charge in [0.2, 0.25) is 0 Å². The van der Waals surface area contributed by atoms with Crippen molar-refractivity contribution in [2.45, 2.75) is 44.2 Å². The van der Waals surface area contributed by atoms with Crippen LogP contribution in [0.1, 0.15) is 46.2 Å². The lowest BCUT2D eigenvalue weighted by molar-refractivity contribution is 0.0931. The molecule has 3 heterocycles. The number of carbonyl (C=O) groups is 1. The van der Waals surface area contributed by atoms with Crippen molar-refractivity contribution >= 4 is 17.2 Å². The highest BCUT2D eigenvalue weighted by Crippen LogP contribution is 2.43. The van der Waals surface area contributed by atoms with E-state index in [0.29, 0.717) is 5.92 Å². The predicted molar refractivity (Wildman–Crippen MR) is 78.1 cm³/mol. The van der Waals surface area contributed by atoms with Crippen LogP contribution in [0, 0.1) is 0 Å². The van der Waals surface area contributed by atoms with Gasteiger partial charge in [0, 0.05) is 31.4 Å². The van der Waals surface area contributed by atoms with Gasteiger partial charge < -0.3 is 9.88 Å². The van der Waals surface area contributed by atoms with E-state index >= 15 is 0 Å². The lowest BCUT2D eigenvalue weighted by atomic mass is 10.1. The third-order valence-corrected chi connectivity index (χ3v) is 5.12. The number of nitrogens with one attached hydrogen (secondary N) is 1. The molecule has 1 aliphatic heterocycles. The molecule has 0 saturated heterocycles. The first-order valence-corrected chi connectivity index (χ1v) is 8.07. The zero-order valence-corrected chi connectivity index (χ0v) is 12.0. The van der Waals surface area contributed by atoms with Gasteiger partial charge in [-0.2, -0.15) is 0 Å². The van der Waals surface area contributed by atoms with Gasteiger partial charge in [-0.15, -0.1) is 11.3 Å². The van der Waals surface area contributed by atoms with Gasteiger partial charge in [-0.05, 0) is 42.2 Å². The molecule has 1 fully saturated rings. The molecule has 0 aromatic carbocycles. The summed E-state index contributed by atoms with van der Waals surface area (Å²) in [6, 6.07) is 2.34. The summed E-state index contributed by atoms with van der Waals surface area (Å²) in [4.78, 5) is 17.7. The second-order valence-corrected chi connectivity index (χ2v) is 6.60. The lowest BCUT2D eigenvalue weighted by Gasteiger charge is -2.24. The maximum Gasteiger partial charge on any atom is 0.261 e. The first-order valence-electron chi connectivity index (χ1n) is 7.19. The number of aromatic nitrogens is 2. The second kappa shape index (κ2) is 4.74. The summed E-state index contributed by atoms with van der Waals surface area (Å²) >= 11 is 1.57. The van der Waals surface area contributed by atoms with Crippen LogP contribution >= 0.6 is 11.3 Å². The van der Waals surface area contributed by atoms with Gasteiger partial charge in [-0.3, -0.25) is 4.79 Å². The van der Waals surface area contributed by atoms with Gasteiger partial charge in [0.15, 0.2) is 0 Å². The minimum atomic E-state index is 0.107. The molecule has 0 bridgehead atoms. The molecule has 1 aliphatic carbocycles. The highest BCUT2D eigenvalue weighted by Gasteiger charge is 2.30. The van der Waals surface area contributed by atoms with Crippen LogP contribution in [0.3, 0.4) is 0 Å². The van der Waals surface area contributed by atoms with Crippen LogP contribution in [0.4, 0.5) is 0 Å². The van der Waals surface area contributed by atoms with Gasteiger partial charge in [0.1, 0.15) is 5.82 Å². The fraction of sp³-hybridized carbons (Fsp3) is 0.467. The number of imidazole rings is 1. The first-order chi connectivity index (χ1) is 9.81. The molecule has 1 N–H and O–H groups in total. The third-order valence-electron chi connectivity index (χ3n) is 4.19. The number of fused-ring (bicyclic) bond motifs is 1. The standard InChI is InChI=1S/C15H17N3OS/c19-15(14-12(5-8-20-14)10-1-2-10)17-11-3-4-13-16-6-7-18(13)9-11/h5-8,10-11H,1-4,9H2,(H,17,19). The lowest BCUT2D eigenvalue weighted by Crippen LogP contribution is -2.40. The summed E-state index contributed by atoms with van der Waals surface area (Å²) in [5.41, 5.74) is 1.26. The van der Waals surface area contributed by atoms with Crippen molar-refractivity contribution in [3.05, 3.63) is 40.1 Å². The van der Waals surface area contributed by atoms with Crippen LogP contribution in [0.2, 0.25) is 0 Å². The Kier molecular flexibility index (Phi) is 2.88. The van der Waals surface area contributed by atoms with E-state index in [4.69, 9.17) is 0 Å². The Morgan fingerprint density at radius 1 is 1.40 bits per heavy atom. The number of rotatable bonds is 3. The molecule has 1 unspecified atom stereocenters. The van der Waals surface area contributed by atoms with Gasteiger partial charge in [-0.1, -0.05) is 0 Å². The van der Waals surface area contributed by atoms with Crippen molar-refractivity contribution in [3.63, 3.8) is 0 Å². The number of carbonyl (C=O) groups excluding carboxylic acids is 1. The number of hydrogen-bond acceptors (Lipinski definition) is 3. The molecule has 0 spiro atoms. The van der Waals surface area contributed by atoms with Crippen molar-refractivity contribution in [2.75, 3.05) is 0 Å². The van der Waals surface area contributed by atoms with Crippen LogP contribution < -0.4 is 5.32 Å². The molecule has 1 amide bonds. The molecule has 0 radical (unpaired) electrons. The van der Waals surface area contributed by atoms with Gasteiger partial charge in [0.25, 0.3) is 5.91 Å².